The van der Waals surface area contributed by atoms with Gasteiger partial charge in [-0.2, -0.15) is 5.26 Å². The van der Waals surface area contributed by atoms with Gasteiger partial charge in [-0.05, 0) is 39.0 Å². The van der Waals surface area contributed by atoms with Crippen molar-refractivity contribution < 1.29 is 4.74 Å². The first-order valence-corrected chi connectivity index (χ1v) is 4.73. The highest BCUT2D eigenvalue weighted by atomic mass is 16.6. The van der Waals surface area contributed by atoms with E-state index in [0.29, 0.717) is 12.0 Å². The van der Waals surface area contributed by atoms with Crippen molar-refractivity contribution in [2.45, 2.75) is 44.8 Å². The van der Waals surface area contributed by atoms with E-state index < -0.39 is 0 Å². The maximum Gasteiger partial charge on any atom is 0.0920 e. The van der Waals surface area contributed by atoms with Crippen LogP contribution in [-0.2, 0) is 4.74 Å². The molecule has 1 saturated heterocycles. The van der Waals surface area contributed by atoms with Gasteiger partial charge in [0.15, 0.2) is 0 Å². The van der Waals surface area contributed by atoms with E-state index in [4.69, 9.17) is 10.00 Å². The number of rotatable bonds is 1. The number of nitrogens with zero attached hydrogens (tertiary/aromatic N) is 1. The Bertz CT molecular complexity index is 232. The van der Waals surface area contributed by atoms with Gasteiger partial charge in [0.2, 0.25) is 0 Å². The van der Waals surface area contributed by atoms with Gasteiger partial charge in [-0.15, -0.1) is 0 Å². The highest BCUT2D eigenvalue weighted by Crippen LogP contribution is 2.50. The van der Waals surface area contributed by atoms with Gasteiger partial charge in [0.05, 0.1) is 17.8 Å². The minimum Gasteiger partial charge on any atom is -0.366 e. The Morgan fingerprint density at radius 1 is 1.67 bits per heavy atom. The fourth-order valence-electron chi connectivity index (χ4n) is 2.23. The van der Waals surface area contributed by atoms with E-state index in [-0.39, 0.29) is 11.5 Å². The molecule has 2 fully saturated rings. The first-order valence-electron chi connectivity index (χ1n) is 4.73. The van der Waals surface area contributed by atoms with Crippen molar-refractivity contribution in [1.82, 2.24) is 0 Å². The van der Waals surface area contributed by atoms with Crippen molar-refractivity contribution >= 4 is 0 Å². The minimum atomic E-state index is 0.200. The Kier molecular flexibility index (Phi) is 1.66. The molecule has 2 aliphatic rings. The second kappa shape index (κ2) is 2.47. The van der Waals surface area contributed by atoms with Gasteiger partial charge in [0, 0.05) is 5.92 Å². The molecule has 0 aromatic rings. The topological polar surface area (TPSA) is 36.3 Å². The zero-order valence-corrected chi connectivity index (χ0v) is 7.71. The number of nitriles is 1. The zero-order valence-electron chi connectivity index (χ0n) is 7.71. The quantitative estimate of drug-likeness (QED) is 0.558. The number of hydrogen-bond acceptors (Lipinski definition) is 2. The lowest BCUT2D eigenvalue weighted by molar-refractivity contribution is 0.291. The summed E-state index contributed by atoms with van der Waals surface area (Å²) in [5.41, 5.74) is 0.200. The van der Waals surface area contributed by atoms with Gasteiger partial charge in [-0.25, -0.2) is 0 Å². The van der Waals surface area contributed by atoms with Gasteiger partial charge in [-0.3, -0.25) is 0 Å². The summed E-state index contributed by atoms with van der Waals surface area (Å²) in [6.07, 6.45) is 3.88. The van der Waals surface area contributed by atoms with Crippen LogP contribution in [0.2, 0.25) is 0 Å². The summed E-state index contributed by atoms with van der Waals surface area (Å²) in [7, 11) is 0. The molecule has 2 nitrogen and oxygen atoms in total. The highest BCUT2D eigenvalue weighted by Gasteiger charge is 2.55. The van der Waals surface area contributed by atoms with Crippen molar-refractivity contribution in [3.8, 4) is 6.07 Å². The Labute approximate surface area is 73.5 Å². The SMILES string of the molecule is CC(C#N)[C@H]1CC[C@@]2(C)O[C@H]2C1. The first kappa shape index (κ1) is 8.07. The predicted molar refractivity (Wildman–Crippen MR) is 45.4 cm³/mol. The van der Waals surface area contributed by atoms with E-state index in [1.807, 2.05) is 6.92 Å². The molecule has 0 spiro atoms. The van der Waals surface area contributed by atoms with Gasteiger partial charge in [-0.1, -0.05) is 0 Å². The van der Waals surface area contributed by atoms with Gasteiger partial charge < -0.3 is 4.74 Å². The van der Waals surface area contributed by atoms with E-state index in [2.05, 4.69) is 13.0 Å². The average molecular weight is 165 g/mol. The molecule has 1 aliphatic heterocycles. The van der Waals surface area contributed by atoms with Crippen molar-refractivity contribution in [3.63, 3.8) is 0 Å². The third-order valence-electron chi connectivity index (χ3n) is 3.47. The molecular formula is C10H15NO. The summed E-state index contributed by atoms with van der Waals surface area (Å²) in [4.78, 5) is 0. The molecule has 0 N–H and O–H groups in total. The number of fused-ring (bicyclic) bond motifs is 1. The molecule has 0 amide bonds. The Hall–Kier alpha value is -0.550. The lowest BCUT2D eigenvalue weighted by Gasteiger charge is -2.23. The van der Waals surface area contributed by atoms with Gasteiger partial charge in [0.1, 0.15) is 0 Å². The normalized spacial score (nSPS) is 47.4. The molecule has 0 aromatic heterocycles. The Balaban J connectivity index is 1.94. The molecule has 0 radical (unpaired) electrons. The van der Waals surface area contributed by atoms with Crippen molar-refractivity contribution in [3.05, 3.63) is 0 Å². The second-order valence-electron chi connectivity index (χ2n) is 4.37. The van der Waals surface area contributed by atoms with E-state index in [9.17, 15) is 0 Å². The fraction of sp³-hybridized carbons (Fsp3) is 0.900. The largest absolute Gasteiger partial charge is 0.366 e. The van der Waals surface area contributed by atoms with Crippen LogP contribution in [0.15, 0.2) is 0 Å². The number of hydrogen-bond donors (Lipinski definition) is 0. The van der Waals surface area contributed by atoms with Crippen LogP contribution in [0.4, 0.5) is 0 Å². The standard InChI is InChI=1S/C10H15NO/c1-7(6-11)8-3-4-10(2)9(5-8)12-10/h7-9H,3-5H2,1-2H3/t7?,8-,9-,10+/m0/s1. The number of ether oxygens (including phenoxy) is 1. The summed E-state index contributed by atoms with van der Waals surface area (Å²) < 4.78 is 5.58. The molecule has 1 saturated carbocycles. The summed E-state index contributed by atoms with van der Waals surface area (Å²) in [5, 5.41) is 8.76. The molecule has 2 rings (SSSR count). The van der Waals surface area contributed by atoms with E-state index in [1.54, 1.807) is 0 Å². The molecule has 0 aromatic carbocycles. The van der Waals surface area contributed by atoms with Crippen LogP contribution in [0.3, 0.4) is 0 Å². The first-order chi connectivity index (χ1) is 5.65. The molecule has 1 unspecified atom stereocenters. The Morgan fingerprint density at radius 3 is 3.00 bits per heavy atom. The second-order valence-corrected chi connectivity index (χ2v) is 4.37. The van der Waals surface area contributed by atoms with Crippen LogP contribution < -0.4 is 0 Å². The van der Waals surface area contributed by atoms with E-state index in [0.717, 1.165) is 12.8 Å². The molecule has 1 heterocycles. The molecule has 0 bridgehead atoms. The van der Waals surface area contributed by atoms with E-state index >= 15 is 0 Å². The van der Waals surface area contributed by atoms with Crippen LogP contribution in [0.5, 0.6) is 0 Å². The summed E-state index contributed by atoms with van der Waals surface area (Å²) in [5.74, 6) is 0.786. The molecular weight excluding hydrogens is 150 g/mol. The third kappa shape index (κ3) is 1.13. The molecule has 4 atom stereocenters. The maximum atomic E-state index is 8.76. The predicted octanol–water partition coefficient (Wildman–Crippen LogP) is 2.10. The minimum absolute atomic E-state index is 0.200. The highest BCUT2D eigenvalue weighted by molar-refractivity contribution is 5.05. The van der Waals surface area contributed by atoms with Crippen molar-refractivity contribution in [2.24, 2.45) is 11.8 Å². The third-order valence-corrected chi connectivity index (χ3v) is 3.47. The molecule has 12 heavy (non-hydrogen) atoms. The molecule has 66 valence electrons. The lowest BCUT2D eigenvalue weighted by Crippen LogP contribution is -2.24. The lowest BCUT2D eigenvalue weighted by atomic mass is 9.77. The van der Waals surface area contributed by atoms with Crippen LogP contribution >= 0.6 is 0 Å². The van der Waals surface area contributed by atoms with Crippen LogP contribution in [0.25, 0.3) is 0 Å². The van der Waals surface area contributed by atoms with Crippen molar-refractivity contribution in [2.75, 3.05) is 0 Å². The van der Waals surface area contributed by atoms with Crippen LogP contribution in [0.1, 0.15) is 33.1 Å². The zero-order chi connectivity index (χ0) is 8.77. The van der Waals surface area contributed by atoms with E-state index in [1.165, 1.54) is 6.42 Å². The Morgan fingerprint density at radius 2 is 2.42 bits per heavy atom. The monoisotopic (exact) mass is 165 g/mol. The van der Waals surface area contributed by atoms with Gasteiger partial charge in [0.25, 0.3) is 0 Å². The summed E-state index contributed by atoms with van der Waals surface area (Å²) in [6.45, 7) is 4.21. The maximum absolute atomic E-state index is 8.76. The fourth-order valence-corrected chi connectivity index (χ4v) is 2.23. The van der Waals surface area contributed by atoms with Crippen LogP contribution in [0, 0.1) is 23.2 Å². The summed E-state index contributed by atoms with van der Waals surface area (Å²) in [6, 6.07) is 2.33. The van der Waals surface area contributed by atoms with Crippen molar-refractivity contribution in [1.29, 1.82) is 5.26 Å². The molecule has 1 aliphatic carbocycles. The molecule has 2 heteroatoms. The smallest absolute Gasteiger partial charge is 0.0920 e. The van der Waals surface area contributed by atoms with Gasteiger partial charge >= 0.3 is 0 Å². The average Bonchev–Trinajstić information content (AvgIpc) is 2.73. The number of epoxide rings is 1. The summed E-state index contributed by atoms with van der Waals surface area (Å²) >= 11 is 0. The van der Waals surface area contributed by atoms with Crippen LogP contribution in [-0.4, -0.2) is 11.7 Å².